The van der Waals surface area contributed by atoms with E-state index < -0.39 is 20.0 Å². The molecule has 0 aliphatic rings. The van der Waals surface area contributed by atoms with Crippen LogP contribution in [0.1, 0.15) is 316 Å². The van der Waals surface area contributed by atoms with E-state index in [4.69, 9.17) is 9.05 Å². The van der Waals surface area contributed by atoms with Gasteiger partial charge in [0.15, 0.2) is 0 Å². The second kappa shape index (κ2) is 55.5. The fraction of sp³-hybridized carbons (Fsp3) is 0.891. The van der Waals surface area contributed by atoms with Crippen LogP contribution >= 0.6 is 7.82 Å². The van der Waals surface area contributed by atoms with Crippen molar-refractivity contribution in [3.05, 3.63) is 36.5 Å². The highest BCUT2D eigenvalue weighted by atomic mass is 31.2. The van der Waals surface area contributed by atoms with Crippen LogP contribution in [0.25, 0.3) is 0 Å². The molecule has 9 heteroatoms. The minimum Gasteiger partial charge on any atom is -0.387 e. The molecule has 0 aliphatic heterocycles. The van der Waals surface area contributed by atoms with E-state index in [1.807, 2.05) is 27.2 Å². The lowest BCUT2D eigenvalue weighted by Crippen LogP contribution is -2.45. The number of phosphoric acid groups is 1. The largest absolute Gasteiger partial charge is 0.472 e. The molecule has 0 aromatic rings. The molecule has 0 aromatic heterocycles. The molecule has 0 radical (unpaired) electrons. The van der Waals surface area contributed by atoms with Crippen LogP contribution in [0.15, 0.2) is 36.5 Å². The van der Waals surface area contributed by atoms with Crippen molar-refractivity contribution in [3.8, 4) is 0 Å². The first kappa shape index (κ1) is 71.7. The minimum absolute atomic E-state index is 0.0578. The molecule has 0 aliphatic carbocycles. The van der Waals surface area contributed by atoms with E-state index >= 15 is 0 Å². The van der Waals surface area contributed by atoms with Crippen LogP contribution in [0.5, 0.6) is 0 Å². The molecule has 73 heavy (non-hydrogen) atoms. The third-order valence-corrected chi connectivity index (χ3v) is 15.6. The zero-order valence-corrected chi connectivity index (χ0v) is 50.3. The van der Waals surface area contributed by atoms with Crippen LogP contribution in [-0.2, 0) is 18.4 Å². The number of allylic oxidation sites excluding steroid dienone is 5. The summed E-state index contributed by atoms with van der Waals surface area (Å²) in [7, 11) is 1.56. The van der Waals surface area contributed by atoms with E-state index in [1.165, 1.54) is 257 Å². The zero-order chi connectivity index (χ0) is 53.5. The Kier molecular flexibility index (Phi) is 54.5. The maximum atomic E-state index is 13.0. The second-order valence-electron chi connectivity index (χ2n) is 23.1. The number of hydrogen-bond donors (Lipinski definition) is 3. The van der Waals surface area contributed by atoms with Crippen LogP contribution in [0, 0.1) is 0 Å². The number of hydrogen-bond acceptors (Lipinski definition) is 5. The number of unbranched alkanes of at least 4 members (excludes halogenated alkanes) is 42. The monoisotopic (exact) mass is 1050 g/mol. The van der Waals surface area contributed by atoms with Crippen molar-refractivity contribution in [1.29, 1.82) is 0 Å². The van der Waals surface area contributed by atoms with Gasteiger partial charge in [0.05, 0.1) is 39.9 Å². The average Bonchev–Trinajstić information content (AvgIpc) is 3.35. The number of likely N-dealkylation sites (N-methyl/N-ethyl adjacent to an activating group) is 1. The molecule has 0 heterocycles. The van der Waals surface area contributed by atoms with Gasteiger partial charge in [0, 0.05) is 6.42 Å². The SMILES string of the molecule is CCCCCCCC/C=C/CC/C=C/C(O)C(COP(=O)(O)OCC[N+](C)(C)C)NC(=O)CCCCCCCCCCCCCCCCCCCCCCCCCCCCC/C=C\CCCCCCCCCC. The molecule has 0 rings (SSSR count). The number of quaternary nitrogens is 1. The Morgan fingerprint density at radius 2 is 0.753 bits per heavy atom. The van der Waals surface area contributed by atoms with Gasteiger partial charge in [-0.15, -0.1) is 0 Å². The van der Waals surface area contributed by atoms with Crippen molar-refractivity contribution in [2.45, 2.75) is 328 Å². The maximum absolute atomic E-state index is 13.0. The van der Waals surface area contributed by atoms with Crippen molar-refractivity contribution in [2.24, 2.45) is 0 Å². The number of phosphoric ester groups is 1. The highest BCUT2D eigenvalue weighted by molar-refractivity contribution is 7.47. The zero-order valence-electron chi connectivity index (χ0n) is 49.4. The molecule has 3 unspecified atom stereocenters. The van der Waals surface area contributed by atoms with Crippen LogP contribution < -0.4 is 5.32 Å². The Morgan fingerprint density at radius 3 is 1.10 bits per heavy atom. The molecule has 3 N–H and O–H groups in total. The number of amides is 1. The van der Waals surface area contributed by atoms with E-state index in [-0.39, 0.29) is 19.1 Å². The molecule has 0 spiro atoms. The van der Waals surface area contributed by atoms with Gasteiger partial charge < -0.3 is 19.8 Å². The van der Waals surface area contributed by atoms with E-state index in [9.17, 15) is 19.4 Å². The maximum Gasteiger partial charge on any atom is 0.472 e. The molecular formula is C64H126N2O6P+. The number of nitrogens with zero attached hydrogens (tertiary/aromatic N) is 1. The number of nitrogens with one attached hydrogen (secondary N) is 1. The molecule has 0 saturated carbocycles. The number of aliphatic hydroxyl groups excluding tert-OH is 1. The number of aliphatic hydroxyl groups is 1. The van der Waals surface area contributed by atoms with Crippen molar-refractivity contribution in [3.63, 3.8) is 0 Å². The first-order valence-electron chi connectivity index (χ1n) is 31.9. The van der Waals surface area contributed by atoms with Crippen molar-refractivity contribution in [2.75, 3.05) is 40.9 Å². The van der Waals surface area contributed by atoms with Crippen molar-refractivity contribution >= 4 is 13.7 Å². The molecule has 1 amide bonds. The van der Waals surface area contributed by atoms with Crippen LogP contribution in [0.2, 0.25) is 0 Å². The Morgan fingerprint density at radius 1 is 0.452 bits per heavy atom. The molecule has 3 atom stereocenters. The minimum atomic E-state index is -4.35. The van der Waals surface area contributed by atoms with Gasteiger partial charge in [0.2, 0.25) is 5.91 Å². The molecule has 0 saturated heterocycles. The van der Waals surface area contributed by atoms with Crippen LogP contribution in [0.4, 0.5) is 0 Å². The second-order valence-corrected chi connectivity index (χ2v) is 24.6. The van der Waals surface area contributed by atoms with Crippen LogP contribution in [-0.4, -0.2) is 73.4 Å². The highest BCUT2D eigenvalue weighted by Gasteiger charge is 2.27. The fourth-order valence-electron chi connectivity index (χ4n) is 9.59. The molecule has 0 aromatic carbocycles. The van der Waals surface area contributed by atoms with E-state index in [2.05, 4.69) is 43.5 Å². The topological polar surface area (TPSA) is 105 Å². The quantitative estimate of drug-likeness (QED) is 0.0243. The Hall–Kier alpha value is -1.28. The smallest absolute Gasteiger partial charge is 0.387 e. The predicted octanol–water partition coefficient (Wildman–Crippen LogP) is 19.7. The van der Waals surface area contributed by atoms with Gasteiger partial charge >= 0.3 is 7.82 Å². The van der Waals surface area contributed by atoms with Gasteiger partial charge in [-0.05, 0) is 57.8 Å². The lowest BCUT2D eigenvalue weighted by molar-refractivity contribution is -0.870. The average molecular weight is 1050 g/mol. The lowest BCUT2D eigenvalue weighted by atomic mass is 10.0. The summed E-state index contributed by atoms with van der Waals surface area (Å²) in [5, 5.41) is 13.9. The number of rotatable bonds is 59. The summed E-state index contributed by atoms with van der Waals surface area (Å²) < 4.78 is 23.6. The van der Waals surface area contributed by atoms with E-state index in [0.29, 0.717) is 17.4 Å². The molecule has 432 valence electrons. The first-order valence-corrected chi connectivity index (χ1v) is 33.4. The Bertz CT molecular complexity index is 1280. The highest BCUT2D eigenvalue weighted by Crippen LogP contribution is 2.43. The Balaban J connectivity index is 3.84. The summed E-state index contributed by atoms with van der Waals surface area (Å²) in [5.41, 5.74) is 0. The standard InChI is InChI=1S/C64H125N2O6P/c1-6-8-10-12-14-16-18-20-21-22-23-24-25-26-27-28-29-30-31-32-33-34-35-36-37-38-39-40-41-42-43-44-45-46-48-50-52-54-56-58-64(68)65-62(61-72-73(69,70)71-60-59-66(3,4)5)63(67)57-55-53-51-49-47-19-17-15-13-11-9-7-2/h22-23,47,49,55,57,62-63,67H,6-21,24-46,48,50-54,56,58-61H2,1-5H3,(H-,65,68,69,70)/p+1/b23-22-,49-47+,57-55+. The summed E-state index contributed by atoms with van der Waals surface area (Å²) >= 11 is 0. The van der Waals surface area contributed by atoms with E-state index in [1.54, 1.807) is 6.08 Å². The summed E-state index contributed by atoms with van der Waals surface area (Å²) in [5.74, 6) is -0.183. The molecule has 0 fully saturated rings. The number of carbonyl (C=O) groups excluding carboxylic acids is 1. The normalized spacial score (nSPS) is 14.0. The summed E-state index contributed by atoms with van der Waals surface area (Å²) in [6, 6.07) is -0.860. The van der Waals surface area contributed by atoms with Gasteiger partial charge in [-0.1, -0.05) is 288 Å². The van der Waals surface area contributed by atoms with Gasteiger partial charge in [-0.3, -0.25) is 13.8 Å². The van der Waals surface area contributed by atoms with Gasteiger partial charge in [0.1, 0.15) is 13.2 Å². The van der Waals surface area contributed by atoms with Gasteiger partial charge in [-0.2, -0.15) is 0 Å². The van der Waals surface area contributed by atoms with Gasteiger partial charge in [-0.25, -0.2) is 4.57 Å². The molecular weight excluding hydrogens is 924 g/mol. The third-order valence-electron chi connectivity index (χ3n) is 14.6. The first-order chi connectivity index (χ1) is 35.5. The summed E-state index contributed by atoms with van der Waals surface area (Å²) in [6.07, 6.45) is 73.1. The summed E-state index contributed by atoms with van der Waals surface area (Å²) in [6.45, 7) is 4.80. The Labute approximate surface area is 455 Å². The van der Waals surface area contributed by atoms with Gasteiger partial charge in [0.25, 0.3) is 0 Å². The fourth-order valence-corrected chi connectivity index (χ4v) is 10.3. The molecule has 0 bridgehead atoms. The van der Waals surface area contributed by atoms with Crippen LogP contribution in [0.3, 0.4) is 0 Å². The lowest BCUT2D eigenvalue weighted by Gasteiger charge is -2.25. The summed E-state index contributed by atoms with van der Waals surface area (Å²) in [4.78, 5) is 23.2. The van der Waals surface area contributed by atoms with Crippen molar-refractivity contribution in [1.82, 2.24) is 5.32 Å². The third kappa shape index (κ3) is 58.2. The van der Waals surface area contributed by atoms with Crippen molar-refractivity contribution < 1.29 is 32.9 Å². The molecule has 8 nitrogen and oxygen atoms in total. The van der Waals surface area contributed by atoms with E-state index in [0.717, 1.165) is 38.5 Å². The predicted molar refractivity (Wildman–Crippen MR) is 318 cm³/mol. The number of carbonyl (C=O) groups is 1.